The summed E-state index contributed by atoms with van der Waals surface area (Å²) in [6.45, 7) is 8.18. The summed E-state index contributed by atoms with van der Waals surface area (Å²) in [6.07, 6.45) is 2.65. The largest absolute Gasteiger partial charge is 0.494 e. The van der Waals surface area contributed by atoms with Gasteiger partial charge in [-0.05, 0) is 55.8 Å². The number of rotatable bonds is 9. The van der Waals surface area contributed by atoms with Crippen LogP contribution in [0.25, 0.3) is 0 Å². The van der Waals surface area contributed by atoms with Crippen molar-refractivity contribution in [3.63, 3.8) is 0 Å². The molecule has 150 valence electrons. The molecule has 1 amide bonds. The van der Waals surface area contributed by atoms with E-state index in [9.17, 15) is 13.2 Å². The summed E-state index contributed by atoms with van der Waals surface area (Å²) in [7, 11) is -3.42. The van der Waals surface area contributed by atoms with Gasteiger partial charge in [-0.2, -0.15) is 0 Å². The first-order valence-corrected chi connectivity index (χ1v) is 10.8. The van der Waals surface area contributed by atoms with Crippen LogP contribution in [0.4, 0.5) is 5.69 Å². The first kappa shape index (κ1) is 21.5. The van der Waals surface area contributed by atoms with Crippen LogP contribution in [-0.2, 0) is 10.0 Å². The molecule has 0 aromatic heterocycles. The van der Waals surface area contributed by atoms with Crippen LogP contribution in [0.1, 0.15) is 35.8 Å². The number of sulfonamides is 1. The van der Waals surface area contributed by atoms with Crippen LogP contribution in [0.5, 0.6) is 5.75 Å². The Morgan fingerprint density at radius 2 is 1.79 bits per heavy atom. The number of ether oxygens (including phenoxy) is 1. The zero-order valence-electron chi connectivity index (χ0n) is 16.4. The Bertz CT molecular complexity index is 906. The molecule has 6 nitrogen and oxygen atoms in total. The lowest BCUT2D eigenvalue weighted by atomic mass is 10.1. The number of carbonyl (C=O) groups is 1. The highest BCUT2D eigenvalue weighted by Crippen LogP contribution is 2.20. The summed E-state index contributed by atoms with van der Waals surface area (Å²) in [5, 5.41) is 2.94. The molecule has 0 bridgehead atoms. The van der Waals surface area contributed by atoms with Gasteiger partial charge in [0.25, 0.3) is 5.91 Å². The van der Waals surface area contributed by atoms with E-state index < -0.39 is 10.0 Å². The first-order chi connectivity index (χ1) is 13.3. The van der Waals surface area contributed by atoms with Gasteiger partial charge in [0.15, 0.2) is 0 Å². The quantitative estimate of drug-likeness (QED) is 0.651. The van der Waals surface area contributed by atoms with Crippen molar-refractivity contribution in [3.05, 3.63) is 72.3 Å². The summed E-state index contributed by atoms with van der Waals surface area (Å²) in [5.74, 6) is 0.554. The number of anilines is 1. The number of nitrogens with zero attached hydrogens (tertiary/aromatic N) is 1. The smallest absolute Gasteiger partial charge is 0.251 e. The Kier molecular flexibility index (Phi) is 7.23. The second-order valence-electron chi connectivity index (χ2n) is 6.33. The van der Waals surface area contributed by atoms with Crippen molar-refractivity contribution in [2.24, 2.45) is 0 Å². The van der Waals surface area contributed by atoms with E-state index in [1.807, 2.05) is 38.1 Å². The zero-order chi connectivity index (χ0) is 20.7. The van der Waals surface area contributed by atoms with Crippen LogP contribution >= 0.6 is 0 Å². The molecule has 7 heteroatoms. The van der Waals surface area contributed by atoms with Crippen molar-refractivity contribution >= 4 is 21.6 Å². The maximum absolute atomic E-state index is 12.5. The minimum atomic E-state index is -3.42. The minimum absolute atomic E-state index is 0.166. The van der Waals surface area contributed by atoms with E-state index >= 15 is 0 Å². The van der Waals surface area contributed by atoms with E-state index in [0.717, 1.165) is 17.6 Å². The Morgan fingerprint density at radius 1 is 1.18 bits per heavy atom. The first-order valence-electron chi connectivity index (χ1n) is 8.98. The minimum Gasteiger partial charge on any atom is -0.494 e. The number of benzene rings is 2. The van der Waals surface area contributed by atoms with Gasteiger partial charge in [0, 0.05) is 5.56 Å². The molecule has 0 aliphatic carbocycles. The zero-order valence-corrected chi connectivity index (χ0v) is 17.2. The normalized spacial score (nSPS) is 12.1. The Morgan fingerprint density at radius 3 is 2.29 bits per heavy atom. The molecule has 0 aliphatic heterocycles. The number of nitrogens with one attached hydrogen (secondary N) is 1. The highest BCUT2D eigenvalue weighted by molar-refractivity contribution is 7.92. The third kappa shape index (κ3) is 5.60. The van der Waals surface area contributed by atoms with E-state index in [1.54, 1.807) is 24.3 Å². The van der Waals surface area contributed by atoms with Crippen LogP contribution in [0, 0.1) is 0 Å². The standard InChI is InChI=1S/C21H26N2O4S/c1-5-15-23(28(4,25)26)19-11-7-18(8-12-19)21(24)22-16(3)17-9-13-20(14-10-17)27-6-2/h5,7-14,16H,1,6,15H2,2-4H3,(H,22,24)/t16-/m0/s1. The highest BCUT2D eigenvalue weighted by Gasteiger charge is 2.17. The summed E-state index contributed by atoms with van der Waals surface area (Å²) in [4.78, 5) is 12.5. The van der Waals surface area contributed by atoms with Gasteiger partial charge in [0.2, 0.25) is 10.0 Å². The third-order valence-electron chi connectivity index (χ3n) is 4.15. The predicted molar refractivity (Wildman–Crippen MR) is 112 cm³/mol. The summed E-state index contributed by atoms with van der Waals surface area (Å²) in [5.41, 5.74) is 1.90. The van der Waals surface area contributed by atoms with E-state index in [1.165, 1.54) is 10.4 Å². The lowest BCUT2D eigenvalue weighted by Crippen LogP contribution is -2.30. The number of carbonyl (C=O) groups excluding carboxylic acids is 1. The van der Waals surface area contributed by atoms with E-state index in [0.29, 0.717) is 17.9 Å². The molecule has 0 spiro atoms. The van der Waals surface area contributed by atoms with Crippen LogP contribution < -0.4 is 14.4 Å². The van der Waals surface area contributed by atoms with Crippen LogP contribution in [-0.4, -0.2) is 33.7 Å². The molecule has 1 N–H and O–H groups in total. The van der Waals surface area contributed by atoms with Crippen molar-refractivity contribution in [2.75, 3.05) is 23.7 Å². The van der Waals surface area contributed by atoms with Crippen LogP contribution in [0.3, 0.4) is 0 Å². The molecular weight excluding hydrogens is 376 g/mol. The molecule has 1 atom stereocenters. The predicted octanol–water partition coefficient (Wildman–Crippen LogP) is 3.53. The van der Waals surface area contributed by atoms with Crippen molar-refractivity contribution < 1.29 is 17.9 Å². The second kappa shape index (κ2) is 9.41. The molecule has 0 radical (unpaired) electrons. The number of amides is 1. The van der Waals surface area contributed by atoms with Crippen molar-refractivity contribution in [3.8, 4) is 5.75 Å². The van der Waals surface area contributed by atoms with Gasteiger partial charge in [-0.25, -0.2) is 8.42 Å². The van der Waals surface area contributed by atoms with Gasteiger partial charge in [-0.1, -0.05) is 18.2 Å². The lowest BCUT2D eigenvalue weighted by Gasteiger charge is -2.21. The average molecular weight is 403 g/mol. The highest BCUT2D eigenvalue weighted by atomic mass is 32.2. The monoisotopic (exact) mass is 402 g/mol. The van der Waals surface area contributed by atoms with E-state index in [-0.39, 0.29) is 18.5 Å². The van der Waals surface area contributed by atoms with E-state index in [4.69, 9.17) is 4.74 Å². The van der Waals surface area contributed by atoms with Gasteiger partial charge < -0.3 is 10.1 Å². The number of hydrogen-bond acceptors (Lipinski definition) is 4. The molecule has 2 aromatic rings. The van der Waals surface area contributed by atoms with Crippen molar-refractivity contribution in [2.45, 2.75) is 19.9 Å². The summed E-state index contributed by atoms with van der Waals surface area (Å²) in [6, 6.07) is 13.8. The van der Waals surface area contributed by atoms with E-state index in [2.05, 4.69) is 11.9 Å². The average Bonchev–Trinajstić information content (AvgIpc) is 2.66. The fourth-order valence-electron chi connectivity index (χ4n) is 2.71. The fraction of sp³-hybridized carbons (Fsp3) is 0.286. The summed E-state index contributed by atoms with van der Waals surface area (Å²) >= 11 is 0. The summed E-state index contributed by atoms with van der Waals surface area (Å²) < 4.78 is 30.4. The van der Waals surface area contributed by atoms with Gasteiger partial charge >= 0.3 is 0 Å². The maximum Gasteiger partial charge on any atom is 0.251 e. The molecular formula is C21H26N2O4S. The molecule has 0 saturated heterocycles. The van der Waals surface area contributed by atoms with Gasteiger partial charge in [0.05, 0.1) is 31.1 Å². The Hall–Kier alpha value is -2.80. The van der Waals surface area contributed by atoms with Crippen LogP contribution in [0.2, 0.25) is 0 Å². The Labute approximate surface area is 166 Å². The van der Waals surface area contributed by atoms with Crippen molar-refractivity contribution in [1.82, 2.24) is 5.32 Å². The number of hydrogen-bond donors (Lipinski definition) is 1. The molecule has 0 heterocycles. The van der Waals surface area contributed by atoms with Gasteiger partial charge in [-0.3, -0.25) is 9.10 Å². The molecule has 0 unspecified atom stereocenters. The second-order valence-corrected chi connectivity index (χ2v) is 8.23. The maximum atomic E-state index is 12.5. The fourth-order valence-corrected chi connectivity index (χ4v) is 3.59. The molecule has 0 fully saturated rings. The van der Waals surface area contributed by atoms with Crippen LogP contribution in [0.15, 0.2) is 61.2 Å². The SMILES string of the molecule is C=CCN(c1ccc(C(=O)N[C@@H](C)c2ccc(OCC)cc2)cc1)S(C)(=O)=O. The van der Waals surface area contributed by atoms with Crippen molar-refractivity contribution in [1.29, 1.82) is 0 Å². The molecule has 2 aromatic carbocycles. The molecule has 0 saturated carbocycles. The molecule has 28 heavy (non-hydrogen) atoms. The lowest BCUT2D eigenvalue weighted by molar-refractivity contribution is 0.0940. The topological polar surface area (TPSA) is 75.7 Å². The van der Waals surface area contributed by atoms with Gasteiger partial charge in [-0.15, -0.1) is 6.58 Å². The Balaban J connectivity index is 2.08. The molecule has 0 aliphatic rings. The molecule has 2 rings (SSSR count). The van der Waals surface area contributed by atoms with Gasteiger partial charge in [0.1, 0.15) is 5.75 Å². The third-order valence-corrected chi connectivity index (χ3v) is 5.31.